The smallest absolute Gasteiger partial charge is 0.319 e. The molecule has 0 radical (unpaired) electrons. The zero-order chi connectivity index (χ0) is 23.8. The largest absolute Gasteiger partial charge is 0.493 e. The van der Waals surface area contributed by atoms with Gasteiger partial charge in [-0.2, -0.15) is 0 Å². The van der Waals surface area contributed by atoms with Gasteiger partial charge in [0.15, 0.2) is 17.3 Å². The van der Waals surface area contributed by atoms with Gasteiger partial charge in [-0.25, -0.2) is 13.6 Å². The number of benzene rings is 2. The molecular weight excluding hydrogens is 496 g/mol. The van der Waals surface area contributed by atoms with Crippen molar-refractivity contribution in [2.75, 3.05) is 33.1 Å². The van der Waals surface area contributed by atoms with Gasteiger partial charge >= 0.3 is 6.03 Å². The fourth-order valence-electron chi connectivity index (χ4n) is 5.39. The number of fused-ring (bicyclic) bond motifs is 1. The monoisotopic (exact) mass is 523 g/mol. The van der Waals surface area contributed by atoms with E-state index in [1.165, 1.54) is 5.56 Å². The molecule has 2 aromatic rings. The molecule has 3 atom stereocenters. The van der Waals surface area contributed by atoms with Gasteiger partial charge in [-0.1, -0.05) is 6.07 Å². The standard InChI is InChI=1S/C24H28BrF2N3O3/c1-30-9-8-24(14-4-5-19(32-2)20(10-14)33-3)7-6-16(13-21(24)30)28-23(31)29-22-17(25)11-15(26)12-18(22)27/h4-5,10-12,16,21H,6-9,13H2,1-3H3,(H2,28,29,31). The van der Waals surface area contributed by atoms with E-state index in [2.05, 4.69) is 50.6 Å². The van der Waals surface area contributed by atoms with E-state index in [1.807, 2.05) is 6.07 Å². The molecule has 0 aromatic heterocycles. The predicted molar refractivity (Wildman–Crippen MR) is 126 cm³/mol. The first-order valence-electron chi connectivity index (χ1n) is 10.9. The average molecular weight is 524 g/mol. The third-order valence-electron chi connectivity index (χ3n) is 7.07. The van der Waals surface area contributed by atoms with Gasteiger partial charge in [0.25, 0.3) is 0 Å². The second-order valence-electron chi connectivity index (χ2n) is 8.79. The molecule has 1 heterocycles. The van der Waals surface area contributed by atoms with Gasteiger partial charge in [0.1, 0.15) is 5.82 Å². The van der Waals surface area contributed by atoms with Crippen molar-refractivity contribution < 1.29 is 23.0 Å². The number of likely N-dealkylation sites (N-methyl/N-ethyl adjacent to an activating group) is 1. The second-order valence-corrected chi connectivity index (χ2v) is 9.64. The van der Waals surface area contributed by atoms with Crippen molar-refractivity contribution in [1.82, 2.24) is 10.2 Å². The lowest BCUT2D eigenvalue weighted by atomic mass is 9.65. The molecule has 1 saturated carbocycles. The van der Waals surface area contributed by atoms with Crippen LogP contribution in [0.3, 0.4) is 0 Å². The number of ether oxygens (including phenoxy) is 2. The Kier molecular flexibility index (Phi) is 6.81. The number of hydrogen-bond donors (Lipinski definition) is 2. The molecule has 1 aliphatic heterocycles. The van der Waals surface area contributed by atoms with Crippen LogP contribution in [0.1, 0.15) is 31.2 Å². The van der Waals surface area contributed by atoms with Gasteiger partial charge in [0.05, 0.1) is 19.9 Å². The number of carbonyl (C=O) groups excluding carboxylic acids is 1. The van der Waals surface area contributed by atoms with Crippen molar-refractivity contribution in [2.45, 2.75) is 43.2 Å². The van der Waals surface area contributed by atoms with Gasteiger partial charge in [-0.3, -0.25) is 0 Å². The summed E-state index contributed by atoms with van der Waals surface area (Å²) in [6, 6.07) is 7.66. The number of rotatable bonds is 5. The van der Waals surface area contributed by atoms with Crippen LogP contribution in [0.25, 0.3) is 0 Å². The fraction of sp³-hybridized carbons (Fsp3) is 0.458. The lowest BCUT2D eigenvalue weighted by Crippen LogP contribution is -2.52. The van der Waals surface area contributed by atoms with Crippen LogP contribution < -0.4 is 20.1 Å². The molecule has 1 aliphatic carbocycles. The lowest BCUT2D eigenvalue weighted by Gasteiger charge is -2.45. The topological polar surface area (TPSA) is 62.8 Å². The highest BCUT2D eigenvalue weighted by molar-refractivity contribution is 9.10. The number of halogens is 3. The zero-order valence-corrected chi connectivity index (χ0v) is 20.5. The van der Waals surface area contributed by atoms with Crippen molar-refractivity contribution in [2.24, 2.45) is 0 Å². The van der Waals surface area contributed by atoms with E-state index in [1.54, 1.807) is 14.2 Å². The first-order chi connectivity index (χ1) is 15.8. The number of carbonyl (C=O) groups is 1. The summed E-state index contributed by atoms with van der Waals surface area (Å²) in [4.78, 5) is 14.9. The van der Waals surface area contributed by atoms with E-state index in [4.69, 9.17) is 9.47 Å². The molecular formula is C24H28BrF2N3O3. The fourth-order valence-corrected chi connectivity index (χ4v) is 5.90. The minimum absolute atomic E-state index is 0.0327. The van der Waals surface area contributed by atoms with Crippen LogP contribution >= 0.6 is 15.9 Å². The molecule has 2 amide bonds. The van der Waals surface area contributed by atoms with Crippen LogP contribution in [0.2, 0.25) is 0 Å². The van der Waals surface area contributed by atoms with Crippen molar-refractivity contribution in [3.8, 4) is 11.5 Å². The molecule has 2 aromatic carbocycles. The summed E-state index contributed by atoms with van der Waals surface area (Å²) in [6.07, 6.45) is 3.48. The molecule has 2 fully saturated rings. The minimum atomic E-state index is -0.830. The van der Waals surface area contributed by atoms with Crippen LogP contribution in [0, 0.1) is 11.6 Å². The first-order valence-corrected chi connectivity index (χ1v) is 11.7. The summed E-state index contributed by atoms with van der Waals surface area (Å²) in [5.41, 5.74) is 1.10. The van der Waals surface area contributed by atoms with Gasteiger partial charge in [-0.15, -0.1) is 0 Å². The van der Waals surface area contributed by atoms with E-state index in [0.29, 0.717) is 11.5 Å². The maximum absolute atomic E-state index is 14.1. The van der Waals surface area contributed by atoms with Crippen LogP contribution in [0.15, 0.2) is 34.8 Å². The Labute approximate surface area is 200 Å². The zero-order valence-electron chi connectivity index (χ0n) is 18.9. The average Bonchev–Trinajstić information content (AvgIpc) is 3.13. The molecule has 3 unspecified atom stereocenters. The Bertz CT molecular complexity index is 1030. The summed E-state index contributed by atoms with van der Waals surface area (Å²) in [7, 11) is 5.38. The second kappa shape index (κ2) is 9.46. The highest BCUT2D eigenvalue weighted by Gasteiger charge is 2.50. The maximum Gasteiger partial charge on any atom is 0.319 e. The number of methoxy groups -OCH3 is 2. The summed E-state index contributed by atoms with van der Waals surface area (Å²) in [5, 5.41) is 5.49. The normalized spacial score (nSPS) is 24.8. The molecule has 9 heteroatoms. The number of nitrogens with zero attached hydrogens (tertiary/aromatic N) is 1. The Morgan fingerprint density at radius 3 is 2.61 bits per heavy atom. The number of likely N-dealkylation sites (tertiary alicyclic amines) is 1. The molecule has 33 heavy (non-hydrogen) atoms. The molecule has 1 saturated heterocycles. The number of urea groups is 1. The summed E-state index contributed by atoms with van der Waals surface area (Å²) >= 11 is 3.10. The van der Waals surface area contributed by atoms with Crippen LogP contribution in [0.5, 0.6) is 11.5 Å². The third kappa shape index (κ3) is 4.53. The number of hydrogen-bond acceptors (Lipinski definition) is 4. The number of nitrogens with one attached hydrogen (secondary N) is 2. The summed E-state index contributed by atoms with van der Waals surface area (Å²) < 4.78 is 38.5. The highest BCUT2D eigenvalue weighted by Crippen LogP contribution is 2.49. The first kappa shape index (κ1) is 23.8. The van der Waals surface area contributed by atoms with E-state index in [9.17, 15) is 13.6 Å². The molecule has 178 valence electrons. The Hall–Kier alpha value is -2.39. The number of amides is 2. The van der Waals surface area contributed by atoms with E-state index >= 15 is 0 Å². The van der Waals surface area contributed by atoms with E-state index < -0.39 is 17.7 Å². The summed E-state index contributed by atoms with van der Waals surface area (Å²) in [5.74, 6) is -0.131. The van der Waals surface area contributed by atoms with Gasteiger partial charge in [0.2, 0.25) is 0 Å². The van der Waals surface area contributed by atoms with Crippen LogP contribution in [-0.4, -0.2) is 50.8 Å². The maximum atomic E-state index is 14.1. The molecule has 2 N–H and O–H groups in total. The summed E-state index contributed by atoms with van der Waals surface area (Å²) in [6.45, 7) is 0.964. The SMILES string of the molecule is COc1ccc(C23CCC(NC(=O)Nc4c(F)cc(F)cc4Br)CC2N(C)CC3)cc1OC. The highest BCUT2D eigenvalue weighted by atomic mass is 79.9. The van der Waals surface area contributed by atoms with E-state index in [0.717, 1.165) is 44.4 Å². The third-order valence-corrected chi connectivity index (χ3v) is 7.69. The van der Waals surface area contributed by atoms with E-state index in [-0.39, 0.29) is 27.7 Å². The van der Waals surface area contributed by atoms with Gasteiger partial charge in [0, 0.05) is 28.0 Å². The lowest BCUT2D eigenvalue weighted by molar-refractivity contribution is 0.156. The Balaban J connectivity index is 1.49. The van der Waals surface area contributed by atoms with Crippen molar-refractivity contribution in [3.05, 3.63) is 52.0 Å². The van der Waals surface area contributed by atoms with Crippen LogP contribution in [-0.2, 0) is 5.41 Å². The molecule has 2 aliphatic rings. The molecule has 4 rings (SSSR count). The quantitative estimate of drug-likeness (QED) is 0.574. The number of anilines is 1. The predicted octanol–water partition coefficient (Wildman–Crippen LogP) is 5.06. The van der Waals surface area contributed by atoms with Gasteiger partial charge in [-0.05, 0) is 79.0 Å². The van der Waals surface area contributed by atoms with Crippen LogP contribution in [0.4, 0.5) is 19.3 Å². The molecule has 0 bridgehead atoms. The van der Waals surface area contributed by atoms with Crippen molar-refractivity contribution in [1.29, 1.82) is 0 Å². The molecule has 0 spiro atoms. The Morgan fingerprint density at radius 1 is 1.15 bits per heavy atom. The Morgan fingerprint density at radius 2 is 1.91 bits per heavy atom. The molecule has 6 nitrogen and oxygen atoms in total. The van der Waals surface area contributed by atoms with Crippen molar-refractivity contribution in [3.63, 3.8) is 0 Å². The minimum Gasteiger partial charge on any atom is -0.493 e. The van der Waals surface area contributed by atoms with Gasteiger partial charge < -0.3 is 25.0 Å². The van der Waals surface area contributed by atoms with Crippen molar-refractivity contribution >= 4 is 27.6 Å².